The number of benzene rings is 4. The van der Waals surface area contributed by atoms with Crippen molar-refractivity contribution in [3.63, 3.8) is 0 Å². The molecule has 0 aliphatic carbocycles. The molecular weight excluding hydrogens is 616 g/mol. The Balaban J connectivity index is 1.35. The Morgan fingerprint density at radius 2 is 1.20 bits per heavy atom. The fourth-order valence-corrected chi connectivity index (χ4v) is 4.67. The first-order valence-electron chi connectivity index (χ1n) is 12.5. The molecule has 4 aromatic rings. The molecule has 4 rings (SSSR count). The molecule has 44 heavy (non-hydrogen) atoms. The smallest absolute Gasteiger partial charge is 0.323 e. The molecular formula is C27H28N6O9S2. The number of hydrazine groups is 2. The van der Waals surface area contributed by atoms with E-state index in [-0.39, 0.29) is 4.90 Å². The minimum absolute atomic E-state index is 0.255. The third-order valence-electron chi connectivity index (χ3n) is 5.73. The molecule has 0 aromatic heterocycles. The van der Waals surface area contributed by atoms with Crippen LogP contribution in [0.1, 0.15) is 0 Å². The van der Waals surface area contributed by atoms with Gasteiger partial charge in [0.1, 0.15) is 11.5 Å². The van der Waals surface area contributed by atoms with E-state index < -0.39 is 16.1 Å². The van der Waals surface area contributed by atoms with E-state index >= 15 is 0 Å². The molecule has 0 atom stereocenters. The second-order valence-electron chi connectivity index (χ2n) is 8.67. The molecule has 0 bridgehead atoms. The molecule has 0 radical (unpaired) electrons. The quantitative estimate of drug-likeness (QED) is 0.0349. The molecule has 0 aliphatic heterocycles. The summed E-state index contributed by atoms with van der Waals surface area (Å²) in [4.78, 5) is 13.3. The van der Waals surface area contributed by atoms with Crippen LogP contribution < -0.4 is 41.8 Å². The largest absolute Gasteiger partial charge is 0.494 e. The molecule has 0 fully saturated rings. The monoisotopic (exact) mass is 644 g/mol. The molecule has 0 unspecified atom stereocenters. The standard InChI is InChI=1S/C27H28N6O9S2/c1-39-25-15-19(32-30-17-5-3-7-21(13-17)43-42-41-35)9-11-23(25)28-27(34)29-24-12-10-20(16-26(24)40-2)33-31-18-6-4-8-22(14-18)44(36,37)38/h3-16,30-33,35H,1-2H3,(H2,28,29,34)(H,36,37,38). The van der Waals surface area contributed by atoms with Crippen LogP contribution in [0.15, 0.2) is 94.7 Å². The summed E-state index contributed by atoms with van der Waals surface area (Å²) in [6.45, 7) is 0. The average molecular weight is 645 g/mol. The van der Waals surface area contributed by atoms with Crippen molar-refractivity contribution in [1.82, 2.24) is 0 Å². The Morgan fingerprint density at radius 3 is 1.70 bits per heavy atom. The Bertz CT molecular complexity index is 1710. The molecule has 232 valence electrons. The van der Waals surface area contributed by atoms with E-state index in [9.17, 15) is 17.8 Å². The van der Waals surface area contributed by atoms with Gasteiger partial charge in [-0.1, -0.05) is 17.2 Å². The van der Waals surface area contributed by atoms with E-state index in [0.29, 0.717) is 50.5 Å². The number of urea groups is 1. The van der Waals surface area contributed by atoms with Crippen LogP contribution in [0.4, 0.5) is 38.9 Å². The second kappa shape index (κ2) is 15.0. The van der Waals surface area contributed by atoms with Crippen LogP contribution in [0.3, 0.4) is 0 Å². The van der Waals surface area contributed by atoms with Crippen molar-refractivity contribution in [3.8, 4) is 11.5 Å². The van der Waals surface area contributed by atoms with Crippen LogP contribution >= 0.6 is 12.0 Å². The van der Waals surface area contributed by atoms with Crippen LogP contribution in [0.2, 0.25) is 0 Å². The van der Waals surface area contributed by atoms with Gasteiger partial charge in [-0.25, -0.2) is 10.1 Å². The van der Waals surface area contributed by atoms with E-state index in [1.807, 2.05) is 6.07 Å². The van der Waals surface area contributed by atoms with Gasteiger partial charge in [0.25, 0.3) is 10.1 Å². The Labute approximate surface area is 256 Å². The summed E-state index contributed by atoms with van der Waals surface area (Å²) in [7, 11) is -1.43. The first-order chi connectivity index (χ1) is 21.2. The minimum Gasteiger partial charge on any atom is -0.494 e. The maximum Gasteiger partial charge on any atom is 0.323 e. The first kappa shape index (κ1) is 32.0. The molecule has 0 saturated carbocycles. The lowest BCUT2D eigenvalue weighted by Crippen LogP contribution is -2.20. The van der Waals surface area contributed by atoms with Gasteiger partial charge in [-0.15, -0.1) is 4.33 Å². The van der Waals surface area contributed by atoms with E-state index in [4.69, 9.17) is 14.7 Å². The molecule has 17 heteroatoms. The van der Waals surface area contributed by atoms with Crippen LogP contribution in [-0.2, 0) is 19.5 Å². The van der Waals surface area contributed by atoms with Gasteiger partial charge in [-0.05, 0) is 60.7 Å². The lowest BCUT2D eigenvalue weighted by Gasteiger charge is -2.16. The number of carbonyl (C=O) groups is 1. The predicted molar refractivity (Wildman–Crippen MR) is 166 cm³/mol. The Morgan fingerprint density at radius 1 is 0.705 bits per heavy atom. The fourth-order valence-electron chi connectivity index (χ4n) is 3.72. The number of anilines is 6. The third-order valence-corrected chi connectivity index (χ3v) is 7.15. The summed E-state index contributed by atoms with van der Waals surface area (Å²) in [6.07, 6.45) is 0. The summed E-state index contributed by atoms with van der Waals surface area (Å²) in [5.74, 6) is 0.731. The fraction of sp³-hybridized carbons (Fsp3) is 0.0741. The lowest BCUT2D eigenvalue weighted by atomic mass is 10.2. The van der Waals surface area contributed by atoms with Crippen molar-refractivity contribution < 1.29 is 41.9 Å². The van der Waals surface area contributed by atoms with Gasteiger partial charge in [-0.3, -0.25) is 4.55 Å². The van der Waals surface area contributed by atoms with Crippen LogP contribution in [0, 0.1) is 0 Å². The van der Waals surface area contributed by atoms with Gasteiger partial charge in [-0.2, -0.15) is 8.42 Å². The number of nitrogens with one attached hydrogen (secondary N) is 6. The van der Waals surface area contributed by atoms with Gasteiger partial charge >= 0.3 is 6.03 Å². The zero-order chi connectivity index (χ0) is 31.5. The molecule has 8 N–H and O–H groups in total. The number of hydrogen-bond acceptors (Lipinski definition) is 13. The summed E-state index contributed by atoms with van der Waals surface area (Å²) >= 11 is 0.832. The minimum atomic E-state index is -4.34. The highest BCUT2D eigenvalue weighted by molar-refractivity contribution is 7.94. The van der Waals surface area contributed by atoms with Gasteiger partial charge < -0.3 is 41.8 Å². The molecule has 15 nitrogen and oxygen atoms in total. The first-order valence-corrected chi connectivity index (χ1v) is 14.7. The summed E-state index contributed by atoms with van der Waals surface area (Å²) < 4.78 is 47.3. The lowest BCUT2D eigenvalue weighted by molar-refractivity contribution is -0.432. The van der Waals surface area contributed by atoms with Crippen molar-refractivity contribution in [2.24, 2.45) is 0 Å². The van der Waals surface area contributed by atoms with Crippen LogP contribution in [0.25, 0.3) is 0 Å². The maximum absolute atomic E-state index is 12.8. The number of carbonyl (C=O) groups excluding carboxylic acids is 1. The molecule has 0 heterocycles. The van der Waals surface area contributed by atoms with E-state index in [0.717, 1.165) is 12.0 Å². The molecule has 2 amide bonds. The summed E-state index contributed by atoms with van der Waals surface area (Å²) in [5, 5.41) is 17.4. The highest BCUT2D eigenvalue weighted by atomic mass is 32.2. The third kappa shape index (κ3) is 9.04. The van der Waals surface area contributed by atoms with Crippen molar-refractivity contribution >= 4 is 62.3 Å². The van der Waals surface area contributed by atoms with E-state index in [1.54, 1.807) is 60.7 Å². The number of hydrogen-bond donors (Lipinski definition) is 8. The molecule has 0 spiro atoms. The van der Waals surface area contributed by atoms with Gasteiger partial charge in [0.15, 0.2) is 0 Å². The Hall–Kier alpha value is -4.91. The summed E-state index contributed by atoms with van der Waals surface area (Å²) in [5.41, 5.74) is 14.9. The highest BCUT2D eigenvalue weighted by Crippen LogP contribution is 2.31. The van der Waals surface area contributed by atoms with E-state index in [2.05, 4.69) is 41.7 Å². The summed E-state index contributed by atoms with van der Waals surface area (Å²) in [6, 6.07) is 22.1. The van der Waals surface area contributed by atoms with Crippen molar-refractivity contribution in [2.45, 2.75) is 9.79 Å². The van der Waals surface area contributed by atoms with Crippen molar-refractivity contribution in [1.29, 1.82) is 0 Å². The predicted octanol–water partition coefficient (Wildman–Crippen LogP) is 5.90. The van der Waals surface area contributed by atoms with Gasteiger partial charge in [0.05, 0.1) is 65.3 Å². The number of rotatable bonds is 14. The van der Waals surface area contributed by atoms with E-state index in [1.165, 1.54) is 32.4 Å². The molecule has 0 saturated heterocycles. The number of amides is 2. The average Bonchev–Trinajstić information content (AvgIpc) is 3.02. The molecule has 4 aromatic carbocycles. The topological polar surface area (TPSA) is 201 Å². The van der Waals surface area contributed by atoms with Gasteiger partial charge in [0.2, 0.25) is 0 Å². The van der Waals surface area contributed by atoms with Crippen molar-refractivity contribution in [3.05, 3.63) is 84.9 Å². The zero-order valence-electron chi connectivity index (χ0n) is 23.2. The van der Waals surface area contributed by atoms with Gasteiger partial charge in [0, 0.05) is 17.0 Å². The maximum atomic E-state index is 12.8. The number of ether oxygens (including phenoxy) is 2. The van der Waals surface area contributed by atoms with Crippen LogP contribution in [-0.4, -0.2) is 38.5 Å². The Kier molecular flexibility index (Phi) is 10.9. The van der Waals surface area contributed by atoms with Crippen LogP contribution in [0.5, 0.6) is 11.5 Å². The highest BCUT2D eigenvalue weighted by Gasteiger charge is 2.13. The normalized spacial score (nSPS) is 10.8. The SMILES string of the molecule is COc1cc(NNc2cccc(SOOO)c2)ccc1NC(=O)Nc1ccc(NNc2cccc(S(=O)(=O)O)c2)cc1OC. The second-order valence-corrected chi connectivity index (χ2v) is 10.9. The van der Waals surface area contributed by atoms with Crippen molar-refractivity contribution in [2.75, 3.05) is 46.6 Å². The zero-order valence-corrected chi connectivity index (χ0v) is 24.8. The molecule has 0 aliphatic rings. The number of methoxy groups -OCH3 is 2.